The Balaban J connectivity index is 1.72. The molecular weight excluding hydrogens is 405 g/mol. The Bertz CT molecular complexity index is 1100. The first-order valence-corrected chi connectivity index (χ1v) is 10.8. The maximum atomic E-state index is 13.2. The summed E-state index contributed by atoms with van der Waals surface area (Å²) in [5, 5.41) is 1.26. The molecule has 0 bridgehead atoms. The van der Waals surface area contributed by atoms with Gasteiger partial charge in [0, 0.05) is 54.0 Å². The van der Waals surface area contributed by atoms with Crippen LogP contribution in [-0.4, -0.2) is 51.5 Å². The molecule has 0 atom stereocenters. The topological polar surface area (TPSA) is 56.4 Å². The van der Waals surface area contributed by atoms with Crippen molar-refractivity contribution >= 4 is 49.6 Å². The van der Waals surface area contributed by atoms with E-state index in [0.29, 0.717) is 15.9 Å². The lowest BCUT2D eigenvalue weighted by Gasteiger charge is -2.34. The molecule has 0 spiro atoms. The number of H-pyrrole nitrogens is 1. The number of nitrogens with one attached hydrogen (secondary N) is 1. The van der Waals surface area contributed by atoms with Crippen LogP contribution in [-0.2, 0) is 9.84 Å². The van der Waals surface area contributed by atoms with Crippen LogP contribution in [0.25, 0.3) is 10.9 Å². The summed E-state index contributed by atoms with van der Waals surface area (Å²) in [6.07, 6.45) is 1.49. The Hall–Kier alpha value is -1.73. The fraction of sp³-hybridized carbons (Fsp3) is 0.263. The Morgan fingerprint density at radius 2 is 1.70 bits per heavy atom. The van der Waals surface area contributed by atoms with Crippen molar-refractivity contribution in [2.45, 2.75) is 9.79 Å². The van der Waals surface area contributed by atoms with Gasteiger partial charge in [-0.2, -0.15) is 0 Å². The van der Waals surface area contributed by atoms with E-state index in [4.69, 9.17) is 23.2 Å². The summed E-state index contributed by atoms with van der Waals surface area (Å²) >= 11 is 12.5. The molecule has 3 aromatic rings. The van der Waals surface area contributed by atoms with E-state index in [1.807, 2.05) is 6.07 Å². The molecule has 1 aliphatic rings. The van der Waals surface area contributed by atoms with Crippen LogP contribution in [0.2, 0.25) is 10.0 Å². The van der Waals surface area contributed by atoms with E-state index in [1.54, 1.807) is 30.3 Å². The zero-order valence-electron chi connectivity index (χ0n) is 14.7. The highest BCUT2D eigenvalue weighted by atomic mass is 35.5. The number of halogens is 2. The first kappa shape index (κ1) is 18.6. The molecule has 0 saturated carbocycles. The van der Waals surface area contributed by atoms with Crippen LogP contribution in [0.3, 0.4) is 0 Å². The monoisotopic (exact) mass is 423 g/mol. The number of nitrogens with zero attached hydrogens (tertiary/aromatic N) is 2. The number of fused-ring (bicyclic) bond motifs is 1. The van der Waals surface area contributed by atoms with Gasteiger partial charge in [-0.25, -0.2) is 8.42 Å². The summed E-state index contributed by atoms with van der Waals surface area (Å²) in [6, 6.07) is 10.3. The number of aromatic nitrogens is 1. The number of hydrogen-bond acceptors (Lipinski definition) is 4. The predicted octanol–water partition coefficient (Wildman–Crippen LogP) is 4.06. The van der Waals surface area contributed by atoms with Gasteiger partial charge < -0.3 is 14.8 Å². The van der Waals surface area contributed by atoms with Crippen LogP contribution in [0.15, 0.2) is 52.4 Å². The van der Waals surface area contributed by atoms with Crippen molar-refractivity contribution < 1.29 is 8.42 Å². The van der Waals surface area contributed by atoms with Gasteiger partial charge in [0.2, 0.25) is 9.84 Å². The molecule has 8 heteroatoms. The Labute approximate surface area is 168 Å². The maximum absolute atomic E-state index is 13.2. The molecular formula is C19H19Cl2N3O2S. The molecule has 0 radical (unpaired) electrons. The Morgan fingerprint density at radius 3 is 2.41 bits per heavy atom. The largest absolute Gasteiger partial charge is 0.369 e. The molecule has 1 fully saturated rings. The summed E-state index contributed by atoms with van der Waals surface area (Å²) in [5.41, 5.74) is 1.65. The van der Waals surface area contributed by atoms with Gasteiger partial charge in [0.15, 0.2) is 0 Å². The number of anilines is 1. The van der Waals surface area contributed by atoms with Gasteiger partial charge in [-0.1, -0.05) is 23.2 Å². The number of benzene rings is 2. The average molecular weight is 424 g/mol. The number of rotatable bonds is 3. The summed E-state index contributed by atoms with van der Waals surface area (Å²) < 4.78 is 26.4. The number of hydrogen-bond donors (Lipinski definition) is 1. The van der Waals surface area contributed by atoms with E-state index in [-0.39, 0.29) is 14.8 Å². The van der Waals surface area contributed by atoms with E-state index in [1.165, 1.54) is 6.20 Å². The molecule has 5 nitrogen and oxygen atoms in total. The first-order chi connectivity index (χ1) is 12.9. The van der Waals surface area contributed by atoms with Gasteiger partial charge >= 0.3 is 0 Å². The van der Waals surface area contributed by atoms with E-state index < -0.39 is 9.84 Å². The maximum Gasteiger partial charge on any atom is 0.210 e. The first-order valence-electron chi connectivity index (χ1n) is 8.61. The lowest BCUT2D eigenvalue weighted by Crippen LogP contribution is -2.44. The fourth-order valence-corrected chi connectivity index (χ4v) is 5.50. The van der Waals surface area contributed by atoms with Crippen LogP contribution in [0, 0.1) is 0 Å². The Morgan fingerprint density at radius 1 is 0.963 bits per heavy atom. The number of likely N-dealkylation sites (N-methyl/N-ethyl adjacent to an activating group) is 1. The SMILES string of the molecule is CN1CCN(c2ccc(S(=O)(=O)c3c[nH]c4ccc(Cl)cc34)c(Cl)c2)CC1. The van der Waals surface area contributed by atoms with Crippen molar-refractivity contribution in [1.29, 1.82) is 0 Å². The van der Waals surface area contributed by atoms with E-state index in [2.05, 4.69) is 21.8 Å². The average Bonchev–Trinajstić information content (AvgIpc) is 3.06. The van der Waals surface area contributed by atoms with Crippen molar-refractivity contribution in [3.63, 3.8) is 0 Å². The predicted molar refractivity (Wildman–Crippen MR) is 110 cm³/mol. The van der Waals surface area contributed by atoms with Crippen molar-refractivity contribution in [2.75, 3.05) is 38.1 Å². The number of sulfone groups is 1. The van der Waals surface area contributed by atoms with Gasteiger partial charge in [0.1, 0.15) is 0 Å². The van der Waals surface area contributed by atoms with E-state index >= 15 is 0 Å². The quantitative estimate of drug-likeness (QED) is 0.689. The smallest absolute Gasteiger partial charge is 0.210 e. The van der Waals surface area contributed by atoms with Crippen LogP contribution in [0.1, 0.15) is 0 Å². The summed E-state index contributed by atoms with van der Waals surface area (Å²) in [7, 11) is -1.68. The van der Waals surface area contributed by atoms with Crippen LogP contribution in [0.5, 0.6) is 0 Å². The zero-order chi connectivity index (χ0) is 19.2. The molecule has 4 rings (SSSR count). The molecule has 2 aromatic carbocycles. The second-order valence-corrected chi connectivity index (χ2v) is 9.48. The third-order valence-corrected chi connectivity index (χ3v) is 7.48. The normalized spacial score (nSPS) is 16.2. The van der Waals surface area contributed by atoms with Crippen LogP contribution >= 0.6 is 23.2 Å². The lowest BCUT2D eigenvalue weighted by molar-refractivity contribution is 0.313. The molecule has 142 valence electrons. The highest BCUT2D eigenvalue weighted by Crippen LogP contribution is 2.35. The second-order valence-electron chi connectivity index (χ2n) is 6.75. The molecule has 0 amide bonds. The van der Waals surface area contributed by atoms with Crippen LogP contribution < -0.4 is 4.90 Å². The van der Waals surface area contributed by atoms with Crippen molar-refractivity contribution in [3.8, 4) is 0 Å². The van der Waals surface area contributed by atoms with Gasteiger partial charge in [-0.3, -0.25) is 0 Å². The van der Waals surface area contributed by atoms with Crippen molar-refractivity contribution in [3.05, 3.63) is 52.6 Å². The van der Waals surface area contributed by atoms with Gasteiger partial charge in [0.25, 0.3) is 0 Å². The minimum atomic E-state index is -3.77. The van der Waals surface area contributed by atoms with Gasteiger partial charge in [-0.15, -0.1) is 0 Å². The molecule has 1 aromatic heterocycles. The standard InChI is InChI=1S/C19H19Cl2N3O2S/c1-23-6-8-24(9-7-23)14-3-5-18(16(21)11-14)27(25,26)19-12-22-17-4-2-13(20)10-15(17)19/h2-5,10-12,22H,6-9H2,1H3. The minimum absolute atomic E-state index is 0.0999. The molecule has 0 unspecified atom stereocenters. The highest BCUT2D eigenvalue weighted by Gasteiger charge is 2.25. The molecule has 0 aliphatic carbocycles. The minimum Gasteiger partial charge on any atom is -0.369 e. The Kier molecular flexibility index (Phi) is 4.84. The second kappa shape index (κ2) is 7.02. The summed E-state index contributed by atoms with van der Waals surface area (Å²) in [5.74, 6) is 0. The van der Waals surface area contributed by atoms with Gasteiger partial charge in [-0.05, 0) is 43.4 Å². The fourth-order valence-electron chi connectivity index (χ4n) is 3.38. The summed E-state index contributed by atoms with van der Waals surface area (Å²) in [6.45, 7) is 3.71. The number of piperazine rings is 1. The van der Waals surface area contributed by atoms with Crippen molar-refractivity contribution in [1.82, 2.24) is 9.88 Å². The van der Waals surface area contributed by atoms with Crippen LogP contribution in [0.4, 0.5) is 5.69 Å². The molecule has 27 heavy (non-hydrogen) atoms. The molecule has 1 saturated heterocycles. The molecule has 1 aliphatic heterocycles. The third kappa shape index (κ3) is 3.43. The van der Waals surface area contributed by atoms with Crippen molar-refractivity contribution in [2.24, 2.45) is 0 Å². The number of aromatic amines is 1. The summed E-state index contributed by atoms with van der Waals surface area (Å²) in [4.78, 5) is 7.74. The van der Waals surface area contributed by atoms with Gasteiger partial charge in [0.05, 0.1) is 14.8 Å². The lowest BCUT2D eigenvalue weighted by atomic mass is 10.2. The van der Waals surface area contributed by atoms with E-state index in [0.717, 1.165) is 31.9 Å². The highest BCUT2D eigenvalue weighted by molar-refractivity contribution is 7.91. The van der Waals surface area contributed by atoms with E-state index in [9.17, 15) is 8.42 Å². The molecule has 2 heterocycles. The molecule has 1 N–H and O–H groups in total. The third-order valence-electron chi connectivity index (χ3n) is 4.97. The zero-order valence-corrected chi connectivity index (χ0v) is 17.1.